The zero-order valence-electron chi connectivity index (χ0n) is 21.5. The number of methoxy groups -OCH3 is 2. The van der Waals surface area contributed by atoms with E-state index in [0.717, 1.165) is 22.3 Å². The quantitative estimate of drug-likeness (QED) is 0.224. The van der Waals surface area contributed by atoms with Crippen molar-refractivity contribution >= 4 is 22.5 Å². The number of ether oxygens (including phenoxy) is 2. The minimum Gasteiger partial charge on any atom is -0.507 e. The van der Waals surface area contributed by atoms with Crippen LogP contribution in [0.2, 0.25) is 0 Å². The summed E-state index contributed by atoms with van der Waals surface area (Å²) < 4.78 is 10.8. The van der Waals surface area contributed by atoms with Crippen molar-refractivity contribution in [1.29, 1.82) is 0 Å². The van der Waals surface area contributed by atoms with Crippen LogP contribution in [0.1, 0.15) is 27.8 Å². The van der Waals surface area contributed by atoms with Gasteiger partial charge in [0.1, 0.15) is 23.0 Å². The van der Waals surface area contributed by atoms with Crippen LogP contribution in [-0.2, 0) is 10.5 Å². The molecule has 0 aromatic heterocycles. The molecule has 2 N–H and O–H groups in total. The van der Waals surface area contributed by atoms with E-state index in [-0.39, 0.29) is 11.5 Å². The topological polar surface area (TPSA) is 58.9 Å². The number of hydrogen-bond donors (Lipinski definition) is 2. The fourth-order valence-corrected chi connectivity index (χ4v) is 7.32. The zero-order chi connectivity index (χ0) is 26.4. The van der Waals surface area contributed by atoms with E-state index in [2.05, 4.69) is 30.3 Å². The van der Waals surface area contributed by atoms with E-state index < -0.39 is 4.75 Å². The molecule has 0 heterocycles. The highest BCUT2D eigenvalue weighted by Crippen LogP contribution is 2.67. The van der Waals surface area contributed by atoms with Crippen LogP contribution < -0.4 is 9.47 Å². The molecule has 0 spiro atoms. The second kappa shape index (κ2) is 9.34. The number of phenolic OH excluding ortho intramolecular Hbond substituents is 2. The van der Waals surface area contributed by atoms with Gasteiger partial charge in [-0.05, 0) is 41.3 Å². The normalized spacial score (nSPS) is 15.8. The van der Waals surface area contributed by atoms with E-state index in [1.807, 2.05) is 67.6 Å². The van der Waals surface area contributed by atoms with Crippen molar-refractivity contribution in [1.82, 2.24) is 0 Å². The van der Waals surface area contributed by atoms with Crippen LogP contribution in [0.5, 0.6) is 23.0 Å². The first-order valence-corrected chi connectivity index (χ1v) is 13.5. The number of rotatable bonds is 6. The average molecular weight is 521 g/mol. The van der Waals surface area contributed by atoms with Crippen molar-refractivity contribution in [3.8, 4) is 34.1 Å². The molecule has 1 aliphatic rings. The van der Waals surface area contributed by atoms with Crippen LogP contribution in [0.4, 0.5) is 0 Å². The van der Waals surface area contributed by atoms with Gasteiger partial charge in [-0.15, -0.1) is 11.8 Å². The van der Waals surface area contributed by atoms with Gasteiger partial charge in [-0.2, -0.15) is 0 Å². The Bertz CT molecular complexity index is 1660. The Morgan fingerprint density at radius 3 is 2.11 bits per heavy atom. The lowest BCUT2D eigenvalue weighted by molar-refractivity contribution is 0.414. The van der Waals surface area contributed by atoms with Gasteiger partial charge in [-0.1, -0.05) is 78.9 Å². The highest BCUT2D eigenvalue weighted by Gasteiger charge is 2.50. The fraction of sp³-hybridized carbons (Fsp3) is 0.152. The number of thioether (sulfide) groups is 1. The molecule has 0 saturated carbocycles. The van der Waals surface area contributed by atoms with Gasteiger partial charge >= 0.3 is 0 Å². The van der Waals surface area contributed by atoms with Crippen LogP contribution in [0.15, 0.2) is 91.0 Å². The van der Waals surface area contributed by atoms with Gasteiger partial charge < -0.3 is 19.7 Å². The summed E-state index contributed by atoms with van der Waals surface area (Å²) in [5.74, 6) is 2.07. The van der Waals surface area contributed by atoms with Crippen molar-refractivity contribution in [3.63, 3.8) is 0 Å². The number of aryl methyl sites for hydroxylation is 1. The molecule has 0 bridgehead atoms. The van der Waals surface area contributed by atoms with E-state index in [9.17, 15) is 10.2 Å². The molecule has 0 saturated heterocycles. The minimum atomic E-state index is -0.822. The summed E-state index contributed by atoms with van der Waals surface area (Å²) in [6.07, 6.45) is 0. The summed E-state index contributed by atoms with van der Waals surface area (Å²) >= 11 is 1.73. The monoisotopic (exact) mass is 520 g/mol. The van der Waals surface area contributed by atoms with Gasteiger partial charge in [-0.25, -0.2) is 0 Å². The second-order valence-corrected chi connectivity index (χ2v) is 10.7. The molecule has 4 nitrogen and oxygen atoms in total. The third-order valence-electron chi connectivity index (χ3n) is 7.39. The maximum absolute atomic E-state index is 12.2. The molecule has 0 aliphatic heterocycles. The molecule has 190 valence electrons. The molecular formula is C33H28O4S. The van der Waals surface area contributed by atoms with Crippen molar-refractivity contribution in [2.24, 2.45) is 0 Å². The lowest BCUT2D eigenvalue weighted by atomic mass is 9.86. The van der Waals surface area contributed by atoms with Crippen molar-refractivity contribution in [2.45, 2.75) is 17.4 Å². The molecule has 0 fully saturated rings. The van der Waals surface area contributed by atoms with E-state index in [4.69, 9.17) is 9.47 Å². The first kappa shape index (κ1) is 24.3. The second-order valence-electron chi connectivity index (χ2n) is 9.54. The van der Waals surface area contributed by atoms with Crippen molar-refractivity contribution in [3.05, 3.63) is 119 Å². The summed E-state index contributed by atoms with van der Waals surface area (Å²) in [5.41, 5.74) is 6.25. The van der Waals surface area contributed by atoms with E-state index in [0.29, 0.717) is 39.2 Å². The van der Waals surface area contributed by atoms with Crippen molar-refractivity contribution < 1.29 is 19.7 Å². The maximum Gasteiger partial charge on any atom is 0.133 e. The predicted molar refractivity (Wildman–Crippen MR) is 155 cm³/mol. The van der Waals surface area contributed by atoms with Gasteiger partial charge in [0.05, 0.1) is 24.4 Å². The lowest BCUT2D eigenvalue weighted by Gasteiger charge is -2.33. The Balaban J connectivity index is 1.79. The smallest absolute Gasteiger partial charge is 0.133 e. The molecule has 0 amide bonds. The molecule has 38 heavy (non-hydrogen) atoms. The molecule has 1 aliphatic carbocycles. The third kappa shape index (κ3) is 3.46. The molecule has 5 aromatic rings. The van der Waals surface area contributed by atoms with E-state index in [1.165, 1.54) is 5.56 Å². The Kier molecular flexibility index (Phi) is 5.96. The van der Waals surface area contributed by atoms with Crippen LogP contribution in [0.25, 0.3) is 21.9 Å². The molecule has 0 radical (unpaired) electrons. The van der Waals surface area contributed by atoms with Crippen LogP contribution in [0.3, 0.4) is 0 Å². The fourth-order valence-electron chi connectivity index (χ4n) is 5.78. The highest BCUT2D eigenvalue weighted by atomic mass is 32.2. The first-order chi connectivity index (χ1) is 18.5. The SMILES string of the molecule is COc1cc(C)cc2c1-c1c(c(O)c3c(OC)cccc3c1O)[C@]2(SCc1ccccc1)c1ccccc1. The van der Waals surface area contributed by atoms with Crippen LogP contribution >= 0.6 is 11.8 Å². The largest absolute Gasteiger partial charge is 0.507 e. The Morgan fingerprint density at radius 1 is 0.737 bits per heavy atom. The van der Waals surface area contributed by atoms with E-state index in [1.54, 1.807) is 26.0 Å². The number of fused-ring (bicyclic) bond motifs is 4. The molecule has 5 heteroatoms. The summed E-state index contributed by atoms with van der Waals surface area (Å²) in [5, 5.41) is 25.1. The lowest BCUT2D eigenvalue weighted by Crippen LogP contribution is -2.23. The molecule has 5 aromatic carbocycles. The predicted octanol–water partition coefficient (Wildman–Crippen LogP) is 7.78. The standard InChI is InChI=1S/C33H28O4S/c1-20-17-24-28(26(18-20)37-3)29-30(32(35)27-23(31(29)34)15-10-16-25(27)36-2)33(24,22-13-8-5-9-14-22)38-19-21-11-6-4-7-12-21/h4-18,34-35H,19H2,1-3H3/t33-/m0/s1. The molecule has 6 rings (SSSR count). The van der Waals surface area contributed by atoms with Gasteiger partial charge in [0.15, 0.2) is 0 Å². The van der Waals surface area contributed by atoms with Crippen LogP contribution in [0, 0.1) is 6.92 Å². The van der Waals surface area contributed by atoms with Gasteiger partial charge in [0.2, 0.25) is 0 Å². The summed E-state index contributed by atoms with van der Waals surface area (Å²) in [6.45, 7) is 2.04. The highest BCUT2D eigenvalue weighted by molar-refractivity contribution is 7.99. The maximum atomic E-state index is 12.2. The summed E-state index contributed by atoms with van der Waals surface area (Å²) in [4.78, 5) is 0. The van der Waals surface area contributed by atoms with E-state index >= 15 is 0 Å². The van der Waals surface area contributed by atoms with Gasteiger partial charge in [0.25, 0.3) is 0 Å². The minimum absolute atomic E-state index is 0.102. The number of aromatic hydroxyl groups is 2. The Hall–Kier alpha value is -4.09. The third-order valence-corrected chi connectivity index (χ3v) is 8.96. The Labute approximate surface area is 226 Å². The molecular weight excluding hydrogens is 492 g/mol. The number of phenols is 2. The van der Waals surface area contributed by atoms with Gasteiger partial charge in [-0.3, -0.25) is 0 Å². The van der Waals surface area contributed by atoms with Crippen LogP contribution in [-0.4, -0.2) is 24.4 Å². The number of hydrogen-bond acceptors (Lipinski definition) is 5. The van der Waals surface area contributed by atoms with Gasteiger partial charge in [0, 0.05) is 27.8 Å². The molecule has 1 atom stereocenters. The number of benzene rings is 5. The summed E-state index contributed by atoms with van der Waals surface area (Å²) in [6, 6.07) is 30.1. The summed E-state index contributed by atoms with van der Waals surface area (Å²) in [7, 11) is 3.23. The first-order valence-electron chi connectivity index (χ1n) is 12.5. The zero-order valence-corrected chi connectivity index (χ0v) is 22.3. The Morgan fingerprint density at radius 2 is 1.42 bits per heavy atom. The van der Waals surface area contributed by atoms with Crippen molar-refractivity contribution in [2.75, 3.05) is 14.2 Å². The molecule has 0 unspecified atom stereocenters. The average Bonchev–Trinajstić information content (AvgIpc) is 3.26.